The van der Waals surface area contributed by atoms with Gasteiger partial charge >= 0.3 is 5.97 Å². The molecule has 0 spiro atoms. The number of benzene rings is 2. The molecule has 0 amide bonds. The summed E-state index contributed by atoms with van der Waals surface area (Å²) in [5, 5.41) is 0. The molecule has 0 saturated heterocycles. The molecule has 1 atom stereocenters. The Balaban J connectivity index is 2.22. The van der Waals surface area contributed by atoms with Crippen LogP contribution in [-0.4, -0.2) is 27.0 Å². The largest absolute Gasteiger partial charge is 0.467 e. The third-order valence-electron chi connectivity index (χ3n) is 4.72. The molecule has 1 unspecified atom stereocenters. The Morgan fingerprint density at radius 2 is 1.57 bits per heavy atom. The molecule has 0 aliphatic heterocycles. The molecule has 3 rings (SSSR count). The molecule has 150 valence electrons. The summed E-state index contributed by atoms with van der Waals surface area (Å²) in [7, 11) is -2.74. The van der Waals surface area contributed by atoms with Crippen LogP contribution in [0.15, 0.2) is 48.5 Å². The van der Waals surface area contributed by atoms with Crippen LogP contribution in [0.5, 0.6) is 0 Å². The maximum atomic E-state index is 13.1. The van der Waals surface area contributed by atoms with Crippen LogP contribution < -0.4 is 9.44 Å². The smallest absolute Gasteiger partial charge is 0.332 e. The van der Waals surface area contributed by atoms with Gasteiger partial charge in [0.15, 0.2) is 5.54 Å². The zero-order valence-corrected chi connectivity index (χ0v) is 17.4. The monoisotopic (exact) mass is 402 g/mol. The number of rotatable bonds is 4. The highest BCUT2D eigenvalue weighted by Gasteiger charge is 2.48. The summed E-state index contributed by atoms with van der Waals surface area (Å²) in [6.45, 7) is 5.23. The van der Waals surface area contributed by atoms with Crippen LogP contribution in [0.2, 0.25) is 0 Å². The van der Waals surface area contributed by atoms with E-state index in [1.165, 1.54) is 7.11 Å². The normalized spacial score (nSPS) is 19.3. The van der Waals surface area contributed by atoms with Gasteiger partial charge in [-0.15, -0.1) is 0 Å². The minimum atomic E-state index is -4.01. The van der Waals surface area contributed by atoms with E-state index in [0.717, 1.165) is 16.7 Å². The third-order valence-corrected chi connectivity index (χ3v) is 6.21. The highest BCUT2D eigenvalue weighted by atomic mass is 32.2. The average Bonchev–Trinajstić information content (AvgIpc) is 2.73. The van der Waals surface area contributed by atoms with Crippen molar-refractivity contribution in [3.8, 4) is 0 Å². The maximum Gasteiger partial charge on any atom is 0.332 e. The van der Waals surface area contributed by atoms with E-state index in [0.29, 0.717) is 12.0 Å². The molecule has 2 aromatic rings. The molecule has 1 aliphatic rings. The van der Waals surface area contributed by atoms with Gasteiger partial charge in [-0.25, -0.2) is 4.79 Å². The molecule has 7 heteroatoms. The fraction of sp³-hybridized carbons (Fsp3) is 0.381. The van der Waals surface area contributed by atoms with Crippen molar-refractivity contribution in [2.75, 3.05) is 7.11 Å². The molecule has 1 aliphatic carbocycles. The van der Waals surface area contributed by atoms with Crippen LogP contribution >= 0.6 is 0 Å². The number of hydrogen-bond acceptors (Lipinski definition) is 4. The SMILES string of the molecule is COC(=O)C1(NS(=O)(=O)NC(C)(C)C)Cc2ccccc2Cc2ccccc21. The van der Waals surface area contributed by atoms with E-state index >= 15 is 0 Å². The summed E-state index contributed by atoms with van der Waals surface area (Å²) in [5.74, 6) is -0.643. The van der Waals surface area contributed by atoms with Crippen LogP contribution in [0, 0.1) is 0 Å². The Bertz CT molecular complexity index is 995. The molecule has 0 heterocycles. The van der Waals surface area contributed by atoms with Crippen LogP contribution in [-0.2, 0) is 38.1 Å². The number of carbonyl (C=O) groups is 1. The molecule has 0 bridgehead atoms. The first-order chi connectivity index (χ1) is 13.1. The van der Waals surface area contributed by atoms with Crippen molar-refractivity contribution in [1.82, 2.24) is 9.44 Å². The van der Waals surface area contributed by atoms with Gasteiger partial charge in [-0.1, -0.05) is 48.5 Å². The molecule has 0 saturated carbocycles. The zero-order valence-electron chi connectivity index (χ0n) is 16.6. The molecule has 28 heavy (non-hydrogen) atoms. The number of nitrogens with one attached hydrogen (secondary N) is 2. The Kier molecular flexibility index (Phi) is 5.36. The maximum absolute atomic E-state index is 13.1. The van der Waals surface area contributed by atoms with Gasteiger partial charge < -0.3 is 4.74 Å². The number of hydrogen-bond donors (Lipinski definition) is 2. The Morgan fingerprint density at radius 3 is 2.18 bits per heavy atom. The Morgan fingerprint density at radius 1 is 1.00 bits per heavy atom. The summed E-state index contributed by atoms with van der Waals surface area (Å²) in [6.07, 6.45) is 0.775. The van der Waals surface area contributed by atoms with E-state index < -0.39 is 27.3 Å². The van der Waals surface area contributed by atoms with E-state index in [1.807, 2.05) is 36.4 Å². The predicted molar refractivity (Wildman–Crippen MR) is 108 cm³/mol. The van der Waals surface area contributed by atoms with E-state index in [4.69, 9.17) is 4.74 Å². The van der Waals surface area contributed by atoms with E-state index in [1.54, 1.807) is 32.9 Å². The summed E-state index contributed by atoms with van der Waals surface area (Å²) < 4.78 is 36.2. The van der Waals surface area contributed by atoms with Crippen LogP contribution in [0.4, 0.5) is 0 Å². The number of methoxy groups -OCH3 is 1. The van der Waals surface area contributed by atoms with Gasteiger partial charge in [-0.2, -0.15) is 17.9 Å². The lowest BCUT2D eigenvalue weighted by Crippen LogP contribution is -2.59. The molecule has 2 N–H and O–H groups in total. The second-order valence-electron chi connectivity index (χ2n) is 8.13. The van der Waals surface area contributed by atoms with Gasteiger partial charge in [0.25, 0.3) is 10.2 Å². The first-order valence-corrected chi connectivity index (χ1v) is 10.6. The van der Waals surface area contributed by atoms with Crippen LogP contribution in [0.1, 0.15) is 43.0 Å². The quantitative estimate of drug-likeness (QED) is 0.770. The lowest BCUT2D eigenvalue weighted by atomic mass is 9.84. The molecule has 0 aromatic heterocycles. The second-order valence-corrected chi connectivity index (χ2v) is 9.55. The summed E-state index contributed by atoms with van der Waals surface area (Å²) in [4.78, 5) is 13.1. The van der Waals surface area contributed by atoms with Crippen molar-refractivity contribution in [1.29, 1.82) is 0 Å². The van der Waals surface area contributed by atoms with Gasteiger partial charge in [0, 0.05) is 12.0 Å². The van der Waals surface area contributed by atoms with E-state index in [2.05, 4.69) is 9.44 Å². The zero-order chi connectivity index (χ0) is 20.6. The predicted octanol–water partition coefficient (Wildman–Crippen LogP) is 2.42. The molecule has 6 nitrogen and oxygen atoms in total. The fourth-order valence-corrected chi connectivity index (χ4v) is 5.31. The summed E-state index contributed by atoms with van der Waals surface area (Å²) in [6, 6.07) is 15.1. The molecule has 0 fully saturated rings. The van der Waals surface area contributed by atoms with E-state index in [9.17, 15) is 13.2 Å². The molecular weight excluding hydrogens is 376 g/mol. The van der Waals surface area contributed by atoms with Gasteiger partial charge in [-0.05, 0) is 49.4 Å². The molecular formula is C21H26N2O4S. The minimum Gasteiger partial charge on any atom is -0.467 e. The highest BCUT2D eigenvalue weighted by molar-refractivity contribution is 7.87. The first kappa shape index (κ1) is 20.5. The van der Waals surface area contributed by atoms with Crippen molar-refractivity contribution in [2.24, 2.45) is 0 Å². The summed E-state index contributed by atoms with van der Waals surface area (Å²) >= 11 is 0. The fourth-order valence-electron chi connectivity index (χ4n) is 3.73. The highest BCUT2D eigenvalue weighted by Crippen LogP contribution is 2.36. The van der Waals surface area contributed by atoms with Gasteiger partial charge in [0.1, 0.15) is 0 Å². The number of carbonyl (C=O) groups excluding carboxylic acids is 1. The Labute approximate surface area is 166 Å². The second kappa shape index (κ2) is 7.31. The van der Waals surface area contributed by atoms with Crippen molar-refractivity contribution >= 4 is 16.2 Å². The van der Waals surface area contributed by atoms with Crippen molar-refractivity contribution in [3.63, 3.8) is 0 Å². The number of ether oxygens (including phenoxy) is 1. The van der Waals surface area contributed by atoms with Gasteiger partial charge in [0.05, 0.1) is 7.11 Å². The molecule has 2 aromatic carbocycles. The first-order valence-electron chi connectivity index (χ1n) is 9.13. The topological polar surface area (TPSA) is 84.5 Å². The molecule has 0 radical (unpaired) electrons. The van der Waals surface area contributed by atoms with Crippen molar-refractivity contribution in [3.05, 3.63) is 70.8 Å². The van der Waals surface area contributed by atoms with Crippen molar-refractivity contribution < 1.29 is 17.9 Å². The average molecular weight is 403 g/mol. The standard InChI is InChI=1S/C21H26N2O4S/c1-20(2,3)22-28(25,26)23-21(19(24)27-4)14-17-11-6-5-9-15(17)13-16-10-7-8-12-18(16)21/h5-12,22-23H,13-14H2,1-4H3. The lowest BCUT2D eigenvalue weighted by molar-refractivity contribution is -0.148. The van der Waals surface area contributed by atoms with Gasteiger partial charge in [0.2, 0.25) is 0 Å². The minimum absolute atomic E-state index is 0.165. The van der Waals surface area contributed by atoms with Crippen LogP contribution in [0.25, 0.3) is 0 Å². The van der Waals surface area contributed by atoms with Gasteiger partial charge in [-0.3, -0.25) is 0 Å². The number of esters is 1. The van der Waals surface area contributed by atoms with Crippen molar-refractivity contribution in [2.45, 2.75) is 44.7 Å². The summed E-state index contributed by atoms with van der Waals surface area (Å²) in [5.41, 5.74) is 1.19. The third kappa shape index (κ3) is 4.11. The van der Waals surface area contributed by atoms with E-state index in [-0.39, 0.29) is 6.42 Å². The lowest BCUT2D eigenvalue weighted by Gasteiger charge is -2.34. The Hall–Kier alpha value is -2.22. The number of fused-ring (bicyclic) bond motifs is 2. The van der Waals surface area contributed by atoms with Crippen LogP contribution in [0.3, 0.4) is 0 Å².